The highest BCUT2D eigenvalue weighted by atomic mass is 16.2. The summed E-state index contributed by atoms with van der Waals surface area (Å²) >= 11 is 0. The Kier molecular flexibility index (Phi) is 9.77. The van der Waals surface area contributed by atoms with Gasteiger partial charge in [-0.3, -0.25) is 15.1 Å². The van der Waals surface area contributed by atoms with Gasteiger partial charge < -0.3 is 5.32 Å². The molecule has 2 heterocycles. The summed E-state index contributed by atoms with van der Waals surface area (Å²) in [6.07, 6.45) is 16.0. The molecule has 0 aliphatic heterocycles. The lowest BCUT2D eigenvalue weighted by Crippen LogP contribution is -2.16. The summed E-state index contributed by atoms with van der Waals surface area (Å²) in [5, 5.41) is 18.7. The monoisotopic (exact) mass is 374 g/mol. The minimum absolute atomic E-state index is 0.102. The molecule has 9 heteroatoms. The van der Waals surface area contributed by atoms with Gasteiger partial charge in [-0.15, -0.1) is 5.10 Å². The molecule has 2 aromatic rings. The molecule has 0 fully saturated rings. The molecule has 27 heavy (non-hydrogen) atoms. The van der Waals surface area contributed by atoms with E-state index in [1.165, 1.54) is 64.0 Å². The molecule has 148 valence electrons. The van der Waals surface area contributed by atoms with Crippen LogP contribution < -0.4 is 10.6 Å². The summed E-state index contributed by atoms with van der Waals surface area (Å²) in [4.78, 5) is 20.4. The maximum atomic E-state index is 12.1. The largest absolute Gasteiger partial charge is 0.369 e. The quantitative estimate of drug-likeness (QED) is 0.432. The second-order valence-corrected chi connectivity index (χ2v) is 6.59. The summed E-state index contributed by atoms with van der Waals surface area (Å²) in [6, 6.07) is 0. The molecule has 0 radical (unpaired) electrons. The molecule has 1 amide bonds. The standard InChI is InChI=1S/C18H30N8O/c1-2-3-4-5-6-7-8-9-10-11-12-20-16-14-19-13-15(21-16)17(27)22-18-23-25-26-24-18/h13-14H,2-12H2,1H3,(H,20,21)(H2,22,23,24,25,26,27). The minimum Gasteiger partial charge on any atom is -0.369 e. The van der Waals surface area contributed by atoms with Crippen molar-refractivity contribution in [3.05, 3.63) is 18.1 Å². The number of carbonyl (C=O) groups excluding carboxylic acids is 1. The van der Waals surface area contributed by atoms with Crippen molar-refractivity contribution in [1.29, 1.82) is 0 Å². The van der Waals surface area contributed by atoms with Gasteiger partial charge in [0.1, 0.15) is 11.5 Å². The Labute approximate surface area is 160 Å². The fourth-order valence-electron chi connectivity index (χ4n) is 2.77. The Bertz CT molecular complexity index is 647. The molecule has 0 unspecified atom stereocenters. The average Bonchev–Trinajstić information content (AvgIpc) is 3.19. The molecule has 2 aromatic heterocycles. The van der Waals surface area contributed by atoms with Gasteiger partial charge in [0.25, 0.3) is 11.9 Å². The molecule has 0 atom stereocenters. The summed E-state index contributed by atoms with van der Waals surface area (Å²) < 4.78 is 0. The van der Waals surface area contributed by atoms with Gasteiger partial charge in [0, 0.05) is 6.54 Å². The SMILES string of the molecule is CCCCCCCCCCCCNc1cncc(C(=O)Nc2nn[nH]n2)n1. The van der Waals surface area contributed by atoms with E-state index in [-0.39, 0.29) is 11.6 Å². The third-order valence-electron chi connectivity index (χ3n) is 4.27. The third-order valence-corrected chi connectivity index (χ3v) is 4.27. The number of aromatic amines is 1. The van der Waals surface area contributed by atoms with E-state index >= 15 is 0 Å². The van der Waals surface area contributed by atoms with Gasteiger partial charge in [0.2, 0.25) is 0 Å². The molecule has 0 aliphatic carbocycles. The Balaban J connectivity index is 1.56. The van der Waals surface area contributed by atoms with E-state index in [1.54, 1.807) is 6.20 Å². The number of unbranched alkanes of at least 4 members (excludes halogenated alkanes) is 9. The first-order valence-electron chi connectivity index (χ1n) is 9.90. The Morgan fingerprint density at radius 2 is 1.70 bits per heavy atom. The third kappa shape index (κ3) is 8.57. The predicted molar refractivity (Wildman–Crippen MR) is 104 cm³/mol. The number of hydrogen-bond acceptors (Lipinski definition) is 7. The second kappa shape index (κ2) is 12.7. The summed E-state index contributed by atoms with van der Waals surface area (Å²) in [5.74, 6) is 0.267. The molecular weight excluding hydrogens is 344 g/mol. The van der Waals surface area contributed by atoms with Crippen molar-refractivity contribution in [2.24, 2.45) is 0 Å². The van der Waals surface area contributed by atoms with Gasteiger partial charge in [0.15, 0.2) is 0 Å². The van der Waals surface area contributed by atoms with E-state index in [9.17, 15) is 4.79 Å². The smallest absolute Gasteiger partial charge is 0.278 e. The lowest BCUT2D eigenvalue weighted by molar-refractivity contribution is 0.102. The molecule has 0 saturated carbocycles. The van der Waals surface area contributed by atoms with Crippen molar-refractivity contribution in [3.63, 3.8) is 0 Å². The van der Waals surface area contributed by atoms with Crippen LogP contribution in [0.2, 0.25) is 0 Å². The maximum absolute atomic E-state index is 12.1. The number of nitrogens with zero attached hydrogens (tertiary/aromatic N) is 5. The van der Waals surface area contributed by atoms with E-state index in [2.05, 4.69) is 48.1 Å². The van der Waals surface area contributed by atoms with Gasteiger partial charge in [-0.25, -0.2) is 4.98 Å². The fourth-order valence-corrected chi connectivity index (χ4v) is 2.77. The van der Waals surface area contributed by atoms with Crippen LogP contribution in [0.5, 0.6) is 0 Å². The lowest BCUT2D eigenvalue weighted by atomic mass is 10.1. The molecular formula is C18H30N8O. The summed E-state index contributed by atoms with van der Waals surface area (Å²) in [7, 11) is 0. The normalized spacial score (nSPS) is 10.7. The van der Waals surface area contributed by atoms with Crippen LogP contribution in [0.3, 0.4) is 0 Å². The molecule has 0 aromatic carbocycles. The van der Waals surface area contributed by atoms with E-state index in [1.807, 2.05) is 0 Å². The molecule has 2 rings (SSSR count). The van der Waals surface area contributed by atoms with Crippen LogP contribution in [0, 0.1) is 0 Å². The van der Waals surface area contributed by atoms with E-state index < -0.39 is 5.91 Å². The van der Waals surface area contributed by atoms with Crippen LogP contribution in [0.1, 0.15) is 81.6 Å². The predicted octanol–water partition coefficient (Wildman–Crippen LogP) is 3.57. The second-order valence-electron chi connectivity index (χ2n) is 6.59. The van der Waals surface area contributed by atoms with Crippen LogP contribution >= 0.6 is 0 Å². The number of H-pyrrole nitrogens is 1. The van der Waals surface area contributed by atoms with E-state index in [0.717, 1.165) is 13.0 Å². The zero-order valence-electron chi connectivity index (χ0n) is 16.1. The van der Waals surface area contributed by atoms with Crippen LogP contribution in [-0.2, 0) is 0 Å². The first kappa shape index (κ1) is 20.7. The average molecular weight is 374 g/mol. The minimum atomic E-state index is -0.425. The number of hydrogen-bond donors (Lipinski definition) is 3. The summed E-state index contributed by atoms with van der Waals surface area (Å²) in [6.45, 7) is 3.07. The maximum Gasteiger partial charge on any atom is 0.278 e. The van der Waals surface area contributed by atoms with Crippen molar-refractivity contribution in [2.45, 2.75) is 71.1 Å². The first-order valence-corrected chi connectivity index (χ1v) is 9.90. The van der Waals surface area contributed by atoms with E-state index in [4.69, 9.17) is 0 Å². The zero-order valence-corrected chi connectivity index (χ0v) is 16.1. The zero-order chi connectivity index (χ0) is 19.2. The van der Waals surface area contributed by atoms with Gasteiger partial charge >= 0.3 is 0 Å². The van der Waals surface area contributed by atoms with Crippen molar-refractivity contribution in [2.75, 3.05) is 17.2 Å². The summed E-state index contributed by atoms with van der Waals surface area (Å²) in [5.41, 5.74) is 0.202. The van der Waals surface area contributed by atoms with Gasteiger partial charge in [0.05, 0.1) is 12.4 Å². The molecule has 0 spiro atoms. The number of tetrazole rings is 1. The number of amides is 1. The highest BCUT2D eigenvalue weighted by molar-refractivity contribution is 6.01. The highest BCUT2D eigenvalue weighted by Gasteiger charge is 2.11. The van der Waals surface area contributed by atoms with Gasteiger partial charge in [-0.05, 0) is 11.6 Å². The number of carbonyl (C=O) groups is 1. The van der Waals surface area contributed by atoms with Crippen LogP contribution in [0.15, 0.2) is 12.4 Å². The Hall–Kier alpha value is -2.58. The van der Waals surface area contributed by atoms with E-state index in [0.29, 0.717) is 5.82 Å². The van der Waals surface area contributed by atoms with Crippen molar-refractivity contribution in [3.8, 4) is 0 Å². The Morgan fingerprint density at radius 1 is 1.00 bits per heavy atom. The van der Waals surface area contributed by atoms with Gasteiger partial charge in [-0.2, -0.15) is 5.21 Å². The molecule has 0 aliphatic rings. The van der Waals surface area contributed by atoms with Crippen LogP contribution in [-0.4, -0.2) is 43.0 Å². The van der Waals surface area contributed by atoms with Crippen LogP contribution in [0.4, 0.5) is 11.8 Å². The first-order chi connectivity index (χ1) is 13.3. The van der Waals surface area contributed by atoms with Crippen molar-refractivity contribution < 1.29 is 4.79 Å². The number of nitrogens with one attached hydrogen (secondary N) is 3. The lowest BCUT2D eigenvalue weighted by Gasteiger charge is -2.07. The van der Waals surface area contributed by atoms with Crippen molar-refractivity contribution >= 4 is 17.7 Å². The van der Waals surface area contributed by atoms with Gasteiger partial charge in [-0.1, -0.05) is 69.8 Å². The molecule has 9 nitrogen and oxygen atoms in total. The highest BCUT2D eigenvalue weighted by Crippen LogP contribution is 2.11. The molecule has 0 saturated heterocycles. The number of anilines is 2. The van der Waals surface area contributed by atoms with Crippen LogP contribution in [0.25, 0.3) is 0 Å². The Morgan fingerprint density at radius 3 is 2.37 bits per heavy atom. The fraction of sp³-hybridized carbons (Fsp3) is 0.667. The molecule has 3 N–H and O–H groups in total. The topological polar surface area (TPSA) is 121 Å². The van der Waals surface area contributed by atoms with Crippen molar-refractivity contribution in [1.82, 2.24) is 30.6 Å². The number of aromatic nitrogens is 6. The number of rotatable bonds is 14. The molecule has 0 bridgehead atoms.